The highest BCUT2D eigenvalue weighted by molar-refractivity contribution is 5.91. The molecule has 6 heteroatoms. The molecule has 2 aromatic heterocycles. The molecule has 0 N–H and O–H groups in total. The van der Waals surface area contributed by atoms with Crippen molar-refractivity contribution in [1.29, 1.82) is 0 Å². The van der Waals surface area contributed by atoms with Crippen molar-refractivity contribution in [2.45, 2.75) is 6.54 Å². The van der Waals surface area contributed by atoms with Crippen LogP contribution in [0.4, 0.5) is 0 Å². The Morgan fingerprint density at radius 2 is 1.96 bits per heavy atom. The predicted octanol–water partition coefficient (Wildman–Crippen LogP) is 2.28. The van der Waals surface area contributed by atoms with Gasteiger partial charge >= 0.3 is 0 Å². The first-order chi connectivity index (χ1) is 11.6. The Morgan fingerprint density at radius 3 is 2.67 bits per heavy atom. The number of para-hydroxylation sites is 1. The number of rotatable bonds is 5. The highest BCUT2D eigenvalue weighted by atomic mass is 16.2. The van der Waals surface area contributed by atoms with Crippen LogP contribution in [-0.4, -0.2) is 37.4 Å². The monoisotopic (exact) mass is 321 g/mol. The molecule has 0 aliphatic rings. The van der Waals surface area contributed by atoms with Crippen LogP contribution in [-0.2, 0) is 18.4 Å². The first-order valence-electron chi connectivity index (χ1n) is 7.62. The summed E-state index contributed by atoms with van der Waals surface area (Å²) >= 11 is 0. The Bertz CT molecular complexity index is 847. The van der Waals surface area contributed by atoms with E-state index in [2.05, 4.69) is 10.2 Å². The molecule has 0 radical (unpaired) electrons. The molecule has 0 saturated carbocycles. The van der Waals surface area contributed by atoms with Crippen molar-refractivity contribution in [1.82, 2.24) is 24.5 Å². The largest absolute Gasteiger partial charge is 0.338 e. The summed E-state index contributed by atoms with van der Waals surface area (Å²) in [6.45, 7) is 0.503. The maximum absolute atomic E-state index is 12.2. The van der Waals surface area contributed by atoms with Crippen molar-refractivity contribution in [3.63, 3.8) is 0 Å². The van der Waals surface area contributed by atoms with Crippen LogP contribution in [0, 0.1) is 0 Å². The Labute approximate surface area is 140 Å². The number of amides is 1. The highest BCUT2D eigenvalue weighted by Gasteiger charge is 2.08. The van der Waals surface area contributed by atoms with Gasteiger partial charge in [-0.1, -0.05) is 18.2 Å². The number of hydrogen-bond donors (Lipinski definition) is 0. The zero-order chi connectivity index (χ0) is 16.9. The van der Waals surface area contributed by atoms with Gasteiger partial charge in [0, 0.05) is 50.2 Å². The van der Waals surface area contributed by atoms with Crippen molar-refractivity contribution < 1.29 is 4.79 Å². The molecule has 0 spiro atoms. The van der Waals surface area contributed by atoms with E-state index in [9.17, 15) is 4.79 Å². The van der Waals surface area contributed by atoms with E-state index in [0.29, 0.717) is 6.54 Å². The van der Waals surface area contributed by atoms with Gasteiger partial charge in [0.05, 0.1) is 18.1 Å². The van der Waals surface area contributed by atoms with E-state index in [0.717, 1.165) is 16.8 Å². The molecule has 0 aliphatic carbocycles. The van der Waals surface area contributed by atoms with Crippen LogP contribution < -0.4 is 0 Å². The standard InChI is InChI=1S/C18H19N5O/c1-21(18(24)9-8-15-10-19-22(2)13-15)12-16-11-20-23(14-16)17-6-4-3-5-7-17/h3-11,13-14H,12H2,1-2H3/b9-8-. The van der Waals surface area contributed by atoms with Crippen LogP contribution in [0.15, 0.2) is 61.2 Å². The SMILES string of the molecule is CN(Cc1cnn(-c2ccccc2)c1)C(=O)/C=C\c1cnn(C)c1. The minimum atomic E-state index is -0.0636. The van der Waals surface area contributed by atoms with Gasteiger partial charge < -0.3 is 4.90 Å². The minimum absolute atomic E-state index is 0.0636. The molecule has 3 rings (SSSR count). The van der Waals surface area contributed by atoms with E-state index in [-0.39, 0.29) is 5.91 Å². The number of nitrogens with zero attached hydrogens (tertiary/aromatic N) is 5. The van der Waals surface area contributed by atoms with Gasteiger partial charge in [-0.05, 0) is 18.2 Å². The Hall–Kier alpha value is -3.15. The summed E-state index contributed by atoms with van der Waals surface area (Å²) in [4.78, 5) is 13.8. The van der Waals surface area contributed by atoms with E-state index in [4.69, 9.17) is 0 Å². The van der Waals surface area contributed by atoms with Gasteiger partial charge in [0.1, 0.15) is 0 Å². The van der Waals surface area contributed by atoms with E-state index >= 15 is 0 Å². The van der Waals surface area contributed by atoms with Crippen LogP contribution in [0.1, 0.15) is 11.1 Å². The Kier molecular flexibility index (Phi) is 4.56. The number of hydrogen-bond acceptors (Lipinski definition) is 3. The van der Waals surface area contributed by atoms with Crippen molar-refractivity contribution in [3.05, 3.63) is 72.3 Å². The molecular formula is C18H19N5O. The number of carbonyl (C=O) groups is 1. The van der Waals surface area contributed by atoms with Gasteiger partial charge in [-0.2, -0.15) is 10.2 Å². The molecule has 122 valence electrons. The molecule has 1 amide bonds. The van der Waals surface area contributed by atoms with Crippen molar-refractivity contribution in [2.24, 2.45) is 7.05 Å². The second-order valence-electron chi connectivity index (χ2n) is 5.60. The summed E-state index contributed by atoms with van der Waals surface area (Å²) in [7, 11) is 3.62. The van der Waals surface area contributed by atoms with Crippen LogP contribution >= 0.6 is 0 Å². The van der Waals surface area contributed by atoms with Gasteiger partial charge in [0.2, 0.25) is 5.91 Å². The third-order valence-corrected chi connectivity index (χ3v) is 3.60. The lowest BCUT2D eigenvalue weighted by Gasteiger charge is -2.13. The third kappa shape index (κ3) is 3.78. The number of benzene rings is 1. The lowest BCUT2D eigenvalue weighted by molar-refractivity contribution is -0.125. The summed E-state index contributed by atoms with van der Waals surface area (Å²) in [5.41, 5.74) is 2.87. The van der Waals surface area contributed by atoms with Gasteiger partial charge in [-0.25, -0.2) is 4.68 Å². The van der Waals surface area contributed by atoms with E-state index in [1.54, 1.807) is 45.9 Å². The summed E-state index contributed by atoms with van der Waals surface area (Å²) < 4.78 is 3.50. The fourth-order valence-corrected chi connectivity index (χ4v) is 2.34. The smallest absolute Gasteiger partial charge is 0.246 e. The van der Waals surface area contributed by atoms with Crippen molar-refractivity contribution in [2.75, 3.05) is 7.05 Å². The summed E-state index contributed by atoms with van der Waals surface area (Å²) in [6.07, 6.45) is 10.6. The van der Waals surface area contributed by atoms with Crippen LogP contribution in [0.2, 0.25) is 0 Å². The normalized spacial score (nSPS) is 11.1. The summed E-state index contributed by atoms with van der Waals surface area (Å²) in [6, 6.07) is 9.88. The molecule has 0 fully saturated rings. The van der Waals surface area contributed by atoms with Gasteiger partial charge in [-0.15, -0.1) is 0 Å². The zero-order valence-electron chi connectivity index (χ0n) is 13.7. The van der Waals surface area contributed by atoms with E-state index in [1.165, 1.54) is 0 Å². The summed E-state index contributed by atoms with van der Waals surface area (Å²) in [5.74, 6) is -0.0636. The second-order valence-corrected chi connectivity index (χ2v) is 5.60. The molecular weight excluding hydrogens is 302 g/mol. The van der Waals surface area contributed by atoms with Crippen LogP contribution in [0.25, 0.3) is 11.8 Å². The first-order valence-corrected chi connectivity index (χ1v) is 7.62. The second kappa shape index (κ2) is 6.95. The predicted molar refractivity (Wildman–Crippen MR) is 92.3 cm³/mol. The lowest BCUT2D eigenvalue weighted by Crippen LogP contribution is -2.23. The fraction of sp³-hybridized carbons (Fsp3) is 0.167. The number of likely N-dealkylation sites (N-methyl/N-ethyl adjacent to an activating group) is 1. The Morgan fingerprint density at radius 1 is 1.17 bits per heavy atom. The highest BCUT2D eigenvalue weighted by Crippen LogP contribution is 2.09. The van der Waals surface area contributed by atoms with Gasteiger partial charge in [-0.3, -0.25) is 9.48 Å². The Balaban J connectivity index is 1.62. The van der Waals surface area contributed by atoms with Gasteiger partial charge in [0.15, 0.2) is 0 Å². The molecule has 2 heterocycles. The molecule has 24 heavy (non-hydrogen) atoms. The quantitative estimate of drug-likeness (QED) is 0.678. The summed E-state index contributed by atoms with van der Waals surface area (Å²) in [5, 5.41) is 8.41. The zero-order valence-corrected chi connectivity index (χ0v) is 13.7. The fourth-order valence-electron chi connectivity index (χ4n) is 2.34. The molecule has 0 bridgehead atoms. The third-order valence-electron chi connectivity index (χ3n) is 3.60. The average molecular weight is 321 g/mol. The van der Waals surface area contributed by atoms with Gasteiger partial charge in [0.25, 0.3) is 0 Å². The molecule has 1 aromatic carbocycles. The number of carbonyl (C=O) groups excluding carboxylic acids is 1. The first kappa shape index (κ1) is 15.7. The van der Waals surface area contributed by atoms with Crippen molar-refractivity contribution in [3.8, 4) is 5.69 Å². The molecule has 0 saturated heterocycles. The van der Waals surface area contributed by atoms with Crippen LogP contribution in [0.5, 0.6) is 0 Å². The molecule has 0 unspecified atom stereocenters. The number of aryl methyl sites for hydroxylation is 1. The van der Waals surface area contributed by atoms with E-state index < -0.39 is 0 Å². The van der Waals surface area contributed by atoms with Crippen molar-refractivity contribution >= 4 is 12.0 Å². The average Bonchev–Trinajstić information content (AvgIpc) is 3.22. The number of aromatic nitrogens is 4. The maximum atomic E-state index is 12.2. The molecule has 3 aromatic rings. The molecule has 0 aliphatic heterocycles. The van der Waals surface area contributed by atoms with Crippen LogP contribution in [0.3, 0.4) is 0 Å². The maximum Gasteiger partial charge on any atom is 0.246 e. The molecule has 0 atom stereocenters. The topological polar surface area (TPSA) is 56.0 Å². The lowest BCUT2D eigenvalue weighted by atomic mass is 10.3. The molecule has 6 nitrogen and oxygen atoms in total. The van der Waals surface area contributed by atoms with E-state index in [1.807, 2.05) is 49.8 Å². The minimum Gasteiger partial charge on any atom is -0.338 e.